The van der Waals surface area contributed by atoms with Crippen LogP contribution in [-0.2, 0) is 5.41 Å². The average Bonchev–Trinajstić information content (AvgIpc) is 4.09. The monoisotopic (exact) mass is 825 g/mol. The molecule has 10 aromatic carbocycles. The van der Waals surface area contributed by atoms with Crippen LogP contribution in [0, 0.1) is 0 Å². The molecule has 0 saturated heterocycles. The van der Waals surface area contributed by atoms with Gasteiger partial charge in [-0.25, -0.2) is 0 Å². The third-order valence-electron chi connectivity index (χ3n) is 12.7. The van der Waals surface area contributed by atoms with Crippen molar-refractivity contribution in [2.24, 2.45) is 0 Å². The lowest BCUT2D eigenvalue weighted by Gasteiger charge is -2.35. The second-order valence-electron chi connectivity index (χ2n) is 16.1. The van der Waals surface area contributed by atoms with Gasteiger partial charge in [0.1, 0.15) is 22.3 Å². The average molecular weight is 826 g/mol. The van der Waals surface area contributed by atoms with Crippen LogP contribution in [0.3, 0.4) is 0 Å². The van der Waals surface area contributed by atoms with Crippen LogP contribution in [0.4, 0.5) is 17.1 Å². The first kappa shape index (κ1) is 29.0. The van der Waals surface area contributed by atoms with Crippen molar-refractivity contribution in [2.75, 3.05) is 4.90 Å². The number of hydrogen-bond donors (Lipinski definition) is 0. The van der Waals surface area contributed by atoms with Gasteiger partial charge in [0.25, 0.3) is 0 Å². The van der Waals surface area contributed by atoms with E-state index in [9.17, 15) is 11.0 Å². The number of hydrogen-bond acceptors (Lipinski definition) is 3. The number of nitrogens with zero attached hydrogens (tertiary/aromatic N) is 1. The summed E-state index contributed by atoms with van der Waals surface area (Å²) >= 11 is 0. The Labute approximate surface area is 382 Å². The molecule has 0 fully saturated rings. The van der Waals surface area contributed by atoms with Crippen LogP contribution in [0.1, 0.15) is 33.2 Å². The Kier molecular flexibility index (Phi) is 6.50. The van der Waals surface area contributed by atoms with Crippen molar-refractivity contribution >= 4 is 60.9 Å². The summed E-state index contributed by atoms with van der Waals surface area (Å²) < 4.78 is 91.6. The quantitative estimate of drug-likeness (QED) is 0.160. The summed E-state index contributed by atoms with van der Waals surface area (Å²) in [6, 6.07) is 56.9. The molecule has 1 aliphatic carbocycles. The molecular weight excluding hydrogens is 779 g/mol. The molecule has 0 spiro atoms. The summed E-state index contributed by atoms with van der Waals surface area (Å²) in [5.41, 5.74) is 7.49. The first-order valence-electron chi connectivity index (χ1n) is 25.3. The van der Waals surface area contributed by atoms with E-state index in [-0.39, 0.29) is 46.7 Å². The van der Waals surface area contributed by atoms with Gasteiger partial charge in [-0.15, -0.1) is 0 Å². The topological polar surface area (TPSA) is 29.5 Å². The molecule has 0 aliphatic heterocycles. The summed E-state index contributed by atoms with van der Waals surface area (Å²) in [5.74, 6) is 0. The van der Waals surface area contributed by atoms with Crippen LogP contribution in [0.2, 0.25) is 0 Å². The summed E-state index contributed by atoms with van der Waals surface area (Å²) in [5, 5.41) is 3.20. The lowest BCUT2D eigenvalue weighted by molar-refractivity contribution is 0.669. The van der Waals surface area contributed by atoms with Gasteiger partial charge < -0.3 is 13.7 Å². The van der Waals surface area contributed by atoms with E-state index in [0.717, 1.165) is 54.9 Å². The molecule has 2 heterocycles. The van der Waals surface area contributed by atoms with Gasteiger partial charge in [-0.1, -0.05) is 188 Å². The van der Waals surface area contributed by atoms with E-state index in [0.29, 0.717) is 39.1 Å². The van der Waals surface area contributed by atoms with Crippen molar-refractivity contribution in [2.45, 2.75) is 5.41 Å². The fourth-order valence-corrected chi connectivity index (χ4v) is 9.93. The minimum atomic E-state index is -0.899. The highest BCUT2D eigenvalue weighted by Gasteiger charge is 2.46. The number of rotatable bonds is 7. The molecule has 3 heteroatoms. The maximum absolute atomic E-state index is 9.95. The molecule has 12 aromatic rings. The van der Waals surface area contributed by atoms with E-state index in [1.54, 1.807) is 30.3 Å². The van der Waals surface area contributed by atoms with Crippen LogP contribution in [0.5, 0.6) is 0 Å². The van der Waals surface area contributed by atoms with Crippen LogP contribution < -0.4 is 4.90 Å². The number of benzene rings is 10. The summed E-state index contributed by atoms with van der Waals surface area (Å²) in [4.78, 5) is 1.39. The number of para-hydroxylation sites is 4. The fraction of sp³-hybridized carbons (Fsp3) is 0.0164. The molecule has 0 saturated carbocycles. The van der Waals surface area contributed by atoms with Crippen molar-refractivity contribution in [1.29, 1.82) is 0 Å². The zero-order chi connectivity index (χ0) is 49.2. The Balaban J connectivity index is 1.11. The van der Waals surface area contributed by atoms with E-state index in [1.807, 2.05) is 121 Å². The van der Waals surface area contributed by atoms with Gasteiger partial charge in [-0.05, 0) is 92.9 Å². The van der Waals surface area contributed by atoms with E-state index >= 15 is 0 Å². The predicted octanol–water partition coefficient (Wildman–Crippen LogP) is 16.7. The maximum atomic E-state index is 9.95. The highest BCUT2D eigenvalue weighted by molar-refractivity contribution is 6.10. The Bertz CT molecular complexity index is 3940. The van der Waals surface area contributed by atoms with Gasteiger partial charge in [0.05, 0.1) is 16.4 Å². The normalized spacial score (nSPS) is 14.6. The van der Waals surface area contributed by atoms with Gasteiger partial charge in [0.15, 0.2) is 0 Å². The molecule has 0 atom stereocenters. The number of anilines is 3. The van der Waals surface area contributed by atoms with Crippen molar-refractivity contribution in [3.8, 4) is 33.4 Å². The zero-order valence-corrected chi connectivity index (χ0v) is 34.2. The standard InChI is InChI=1S/C61H39NO2/c1-3-15-42(16-4-1)61(43-17-5-2-6-18-43)55-26-10-7-19-49(55)50-38-37-46(39-56(50)61)62(44-33-29-40(30-34-44)47-22-13-24-53-51-20-8-11-27-57(51)63-59(47)53)45-35-31-41(32-36-45)48-23-14-25-54-52-21-9-12-28-58(52)64-60(48)54/h1-39H/i29D,30D,31D,32D,33D,34D,35D,36D. The smallest absolute Gasteiger partial charge is 0.143 e. The van der Waals surface area contributed by atoms with E-state index < -0.39 is 29.6 Å². The molecule has 64 heavy (non-hydrogen) atoms. The minimum absolute atomic E-state index is 0.0174. The molecule has 13 rings (SSSR count). The zero-order valence-electron chi connectivity index (χ0n) is 42.2. The summed E-state index contributed by atoms with van der Waals surface area (Å²) in [6.45, 7) is 0. The maximum Gasteiger partial charge on any atom is 0.143 e. The molecule has 0 amide bonds. The molecule has 0 bridgehead atoms. The molecule has 1 aliphatic rings. The van der Waals surface area contributed by atoms with Crippen LogP contribution in [-0.4, -0.2) is 0 Å². The fourth-order valence-electron chi connectivity index (χ4n) is 9.93. The van der Waals surface area contributed by atoms with Crippen molar-refractivity contribution < 1.29 is 19.8 Å². The van der Waals surface area contributed by atoms with Gasteiger partial charge in [0, 0.05) is 49.7 Å². The van der Waals surface area contributed by atoms with Gasteiger partial charge in [-0.3, -0.25) is 0 Å². The van der Waals surface area contributed by atoms with Gasteiger partial charge in [-0.2, -0.15) is 0 Å². The largest absolute Gasteiger partial charge is 0.455 e. The van der Waals surface area contributed by atoms with Crippen LogP contribution in [0.15, 0.2) is 245 Å². The molecule has 3 nitrogen and oxygen atoms in total. The third-order valence-corrected chi connectivity index (χ3v) is 12.7. The number of fused-ring (bicyclic) bond motifs is 9. The summed E-state index contributed by atoms with van der Waals surface area (Å²) in [6.07, 6.45) is 0. The Morgan fingerprint density at radius 2 is 0.781 bits per heavy atom. The number of furan rings is 2. The Morgan fingerprint density at radius 1 is 0.344 bits per heavy atom. The molecular formula is C61H39NO2. The minimum Gasteiger partial charge on any atom is -0.455 e. The van der Waals surface area contributed by atoms with Gasteiger partial charge in [0.2, 0.25) is 0 Å². The van der Waals surface area contributed by atoms with Crippen molar-refractivity contribution in [3.05, 3.63) is 259 Å². The van der Waals surface area contributed by atoms with Crippen molar-refractivity contribution in [1.82, 2.24) is 0 Å². The molecule has 0 radical (unpaired) electrons. The van der Waals surface area contributed by atoms with Crippen molar-refractivity contribution in [3.63, 3.8) is 0 Å². The SMILES string of the molecule is [2H]c1c([2H])c(N(c2ccc3c(c2)C(c2ccccc2)(c2ccccc2)c2ccccc2-3)c2c([2H])c([2H])c(-c3cccc4c3oc3ccccc34)c([2H])c2[2H])c([2H])c([2H])c1-c1cccc2c1oc1ccccc12. The predicted molar refractivity (Wildman–Crippen MR) is 264 cm³/mol. The second-order valence-corrected chi connectivity index (χ2v) is 16.1. The Hall–Kier alpha value is -8.40. The van der Waals surface area contributed by atoms with Crippen LogP contribution >= 0.6 is 0 Å². The summed E-state index contributed by atoms with van der Waals surface area (Å²) in [7, 11) is 0. The van der Waals surface area contributed by atoms with E-state index in [1.165, 1.54) is 4.90 Å². The van der Waals surface area contributed by atoms with Gasteiger partial charge >= 0.3 is 0 Å². The van der Waals surface area contributed by atoms with E-state index in [4.69, 9.17) is 8.83 Å². The molecule has 300 valence electrons. The second kappa shape index (κ2) is 14.3. The first-order chi connectivity index (χ1) is 35.1. The highest BCUT2D eigenvalue weighted by atomic mass is 16.3. The Morgan fingerprint density at radius 3 is 1.33 bits per heavy atom. The lowest BCUT2D eigenvalue weighted by Crippen LogP contribution is -2.28. The lowest BCUT2D eigenvalue weighted by atomic mass is 9.67. The first-order valence-corrected chi connectivity index (χ1v) is 21.3. The highest BCUT2D eigenvalue weighted by Crippen LogP contribution is 2.57. The molecule has 0 unspecified atom stereocenters. The molecule has 2 aromatic heterocycles. The van der Waals surface area contributed by atoms with E-state index in [2.05, 4.69) is 36.4 Å². The molecule has 0 N–H and O–H groups in total. The van der Waals surface area contributed by atoms with Crippen LogP contribution in [0.25, 0.3) is 77.3 Å². The third kappa shape index (κ3) is 5.41.